The highest BCUT2D eigenvalue weighted by Crippen LogP contribution is 2.71. The highest BCUT2D eigenvalue weighted by Gasteiger charge is 2.98. The molecule has 6 nitrogen and oxygen atoms in total. The van der Waals surface area contributed by atoms with E-state index >= 15 is 0 Å². The van der Waals surface area contributed by atoms with Gasteiger partial charge in [-0.2, -0.15) is 0 Å². The summed E-state index contributed by atoms with van der Waals surface area (Å²) in [4.78, 5) is 0. The van der Waals surface area contributed by atoms with Crippen LogP contribution in [-0.2, 0) is 28.4 Å². The first kappa shape index (κ1) is 7.10. The van der Waals surface area contributed by atoms with E-state index in [9.17, 15) is 0 Å². The minimum absolute atomic E-state index is 0.299. The summed E-state index contributed by atoms with van der Waals surface area (Å²) in [6.07, 6.45) is -0.539. The summed E-state index contributed by atoms with van der Waals surface area (Å²) in [6.45, 7) is 1.42. The van der Waals surface area contributed by atoms with Gasteiger partial charge in [0, 0.05) is 0 Å². The summed E-state index contributed by atoms with van der Waals surface area (Å²) in [5.74, 6) is -1.55. The fraction of sp³-hybridized carbons (Fsp3) is 1.00. The lowest BCUT2D eigenvalue weighted by Crippen LogP contribution is -2.50. The van der Waals surface area contributed by atoms with Crippen molar-refractivity contribution in [2.75, 3.05) is 19.8 Å². The predicted molar refractivity (Wildman–Crippen MR) is 33.9 cm³/mol. The molecular formula is C7H8O6. The molecular weight excluding hydrogens is 180 g/mol. The Bertz CT molecular complexity index is 264. The lowest BCUT2D eigenvalue weighted by molar-refractivity contribution is -0.534. The molecule has 72 valence electrons. The van der Waals surface area contributed by atoms with Gasteiger partial charge in [0.1, 0.15) is 6.61 Å². The van der Waals surface area contributed by atoms with Crippen LogP contribution in [0.25, 0.3) is 0 Å². The molecule has 0 unspecified atom stereocenters. The van der Waals surface area contributed by atoms with Crippen LogP contribution in [0.3, 0.4) is 0 Å². The van der Waals surface area contributed by atoms with Gasteiger partial charge >= 0.3 is 12.1 Å². The first-order valence-electron chi connectivity index (χ1n) is 4.31. The molecule has 0 amide bonds. The van der Waals surface area contributed by atoms with Gasteiger partial charge in [-0.15, -0.1) is 0 Å². The molecule has 6 heteroatoms. The smallest absolute Gasteiger partial charge is 0.303 e. The largest absolute Gasteiger partial charge is 0.417 e. The first-order chi connectivity index (χ1) is 6.29. The van der Waals surface area contributed by atoms with Gasteiger partial charge in [0.25, 0.3) is 5.79 Å². The van der Waals surface area contributed by atoms with Crippen molar-refractivity contribution >= 4 is 0 Å². The van der Waals surface area contributed by atoms with Crippen LogP contribution in [0.5, 0.6) is 0 Å². The fourth-order valence-corrected chi connectivity index (χ4v) is 1.67. The van der Waals surface area contributed by atoms with Crippen LogP contribution in [0.1, 0.15) is 6.42 Å². The van der Waals surface area contributed by atoms with E-state index in [2.05, 4.69) is 0 Å². The van der Waals surface area contributed by atoms with Crippen LogP contribution in [0.2, 0.25) is 0 Å². The molecule has 0 aromatic carbocycles. The Balaban J connectivity index is 1.60. The Labute approximate surface area is 73.6 Å². The molecule has 4 heterocycles. The standard InChI is InChI=1S/C7H8O6/c1-2-8-7(9-3-1)10-4-5-6(11-5,12-5)13-7/h1-4H2. The maximum Gasteiger partial charge on any atom is 0.417 e. The van der Waals surface area contributed by atoms with E-state index in [0.717, 1.165) is 6.42 Å². The summed E-state index contributed by atoms with van der Waals surface area (Å²) in [5.41, 5.74) is 0. The summed E-state index contributed by atoms with van der Waals surface area (Å²) < 4.78 is 31.4. The number of hydrogen-bond donors (Lipinski definition) is 0. The minimum Gasteiger partial charge on any atom is -0.303 e. The SMILES string of the molecule is C1COC2(OC1)OCC13OC1(O2)O3. The second kappa shape index (κ2) is 1.77. The lowest BCUT2D eigenvalue weighted by Gasteiger charge is -2.34. The third kappa shape index (κ3) is 0.709. The van der Waals surface area contributed by atoms with Gasteiger partial charge in [-0.3, -0.25) is 14.2 Å². The molecule has 4 saturated heterocycles. The van der Waals surface area contributed by atoms with Gasteiger partial charge < -0.3 is 9.47 Å². The van der Waals surface area contributed by atoms with Crippen molar-refractivity contribution in [2.24, 2.45) is 0 Å². The van der Waals surface area contributed by atoms with Gasteiger partial charge in [0.2, 0.25) is 0 Å². The van der Waals surface area contributed by atoms with Crippen molar-refractivity contribution in [3.63, 3.8) is 0 Å². The molecule has 4 rings (SSSR count). The number of ether oxygens (including phenoxy) is 6. The lowest BCUT2D eigenvalue weighted by atomic mass is 10.4. The second-order valence-electron chi connectivity index (χ2n) is 3.45. The van der Waals surface area contributed by atoms with Gasteiger partial charge in [0.05, 0.1) is 13.2 Å². The third-order valence-electron chi connectivity index (χ3n) is 2.53. The molecule has 0 aromatic rings. The molecule has 0 N–H and O–H groups in total. The minimum atomic E-state index is -1.38. The Morgan fingerprint density at radius 2 is 1.62 bits per heavy atom. The van der Waals surface area contributed by atoms with Crippen molar-refractivity contribution in [1.82, 2.24) is 0 Å². The molecule has 0 bridgehead atoms. The average Bonchev–Trinajstić information content (AvgIpc) is 2.91. The van der Waals surface area contributed by atoms with E-state index in [-0.39, 0.29) is 0 Å². The highest BCUT2D eigenvalue weighted by atomic mass is 17.2. The summed E-state index contributed by atoms with van der Waals surface area (Å²) in [6, 6.07) is 0. The molecule has 13 heavy (non-hydrogen) atoms. The van der Waals surface area contributed by atoms with Crippen LogP contribution in [-0.4, -0.2) is 37.7 Å². The average molecular weight is 188 g/mol. The maximum absolute atomic E-state index is 5.33. The maximum atomic E-state index is 5.33. The highest BCUT2D eigenvalue weighted by molar-refractivity contribution is 5.13. The summed E-state index contributed by atoms with van der Waals surface area (Å²) in [5, 5.41) is 0. The third-order valence-corrected chi connectivity index (χ3v) is 2.53. The first-order valence-corrected chi connectivity index (χ1v) is 4.31. The number of hydrogen-bond acceptors (Lipinski definition) is 6. The van der Waals surface area contributed by atoms with Crippen LogP contribution < -0.4 is 0 Å². The predicted octanol–water partition coefficient (Wildman–Crippen LogP) is -0.508. The summed E-state index contributed by atoms with van der Waals surface area (Å²) in [7, 11) is 0. The van der Waals surface area contributed by atoms with E-state index < -0.39 is 17.9 Å². The normalized spacial score (nSPS) is 55.4. The Morgan fingerprint density at radius 1 is 0.846 bits per heavy atom. The number of epoxide rings is 2. The molecule has 0 atom stereocenters. The second-order valence-corrected chi connectivity index (χ2v) is 3.45. The molecule has 1 spiro atoms. The fourth-order valence-electron chi connectivity index (χ4n) is 1.67. The Hall–Kier alpha value is -0.240. The Morgan fingerprint density at radius 3 is 2.31 bits per heavy atom. The van der Waals surface area contributed by atoms with Crippen LogP contribution in [0, 0.1) is 0 Å². The Kier molecular flexibility index (Phi) is 0.966. The van der Waals surface area contributed by atoms with Crippen LogP contribution in [0.4, 0.5) is 0 Å². The van der Waals surface area contributed by atoms with E-state index in [1.54, 1.807) is 0 Å². The van der Waals surface area contributed by atoms with Crippen molar-refractivity contribution in [3.8, 4) is 0 Å². The van der Waals surface area contributed by atoms with E-state index in [4.69, 9.17) is 28.4 Å². The zero-order valence-electron chi connectivity index (χ0n) is 6.78. The molecule has 0 saturated carbocycles. The van der Waals surface area contributed by atoms with Gasteiger partial charge in [-0.1, -0.05) is 0 Å². The zero-order chi connectivity index (χ0) is 8.57. The molecule has 4 aliphatic rings. The molecule has 4 aliphatic heterocycles. The molecule has 0 radical (unpaired) electrons. The van der Waals surface area contributed by atoms with Gasteiger partial charge in [-0.25, -0.2) is 4.74 Å². The van der Waals surface area contributed by atoms with Crippen molar-refractivity contribution in [2.45, 2.75) is 24.3 Å². The quantitative estimate of drug-likeness (QED) is 0.477. The van der Waals surface area contributed by atoms with E-state index in [0.29, 0.717) is 19.8 Å². The monoisotopic (exact) mass is 188 g/mol. The van der Waals surface area contributed by atoms with Gasteiger partial charge in [0.15, 0.2) is 0 Å². The van der Waals surface area contributed by atoms with Crippen molar-refractivity contribution in [1.29, 1.82) is 0 Å². The zero-order valence-corrected chi connectivity index (χ0v) is 6.78. The molecule has 0 aromatic heterocycles. The van der Waals surface area contributed by atoms with E-state index in [1.807, 2.05) is 0 Å². The van der Waals surface area contributed by atoms with Crippen molar-refractivity contribution in [3.05, 3.63) is 0 Å². The van der Waals surface area contributed by atoms with Crippen LogP contribution >= 0.6 is 0 Å². The molecule has 4 fully saturated rings. The van der Waals surface area contributed by atoms with Gasteiger partial charge in [-0.05, 0) is 6.42 Å². The van der Waals surface area contributed by atoms with E-state index in [1.165, 1.54) is 0 Å². The van der Waals surface area contributed by atoms with Crippen molar-refractivity contribution < 1.29 is 28.4 Å². The summed E-state index contributed by atoms with van der Waals surface area (Å²) >= 11 is 0. The topological polar surface area (TPSA) is 62.0 Å². The molecule has 0 aliphatic carbocycles. The number of rotatable bonds is 0. The van der Waals surface area contributed by atoms with Crippen LogP contribution in [0.15, 0.2) is 0 Å².